The van der Waals surface area contributed by atoms with Gasteiger partial charge in [0, 0.05) is 12.6 Å². The Hall–Kier alpha value is -0.780. The highest BCUT2D eigenvalue weighted by atomic mass is 19.4. The molecule has 0 aromatic carbocycles. The van der Waals surface area contributed by atoms with E-state index in [-0.39, 0.29) is 18.5 Å². The smallest absolute Gasteiger partial charge is 0.348 e. The lowest BCUT2D eigenvalue weighted by atomic mass is 9.99. The number of carbonyl (C=O) groups is 1. The SMILES string of the molecule is CC(CCNC(=O)C(F)(F)F)C(C)N(C)C. The van der Waals surface area contributed by atoms with Crippen LogP contribution in [0.2, 0.25) is 0 Å². The van der Waals surface area contributed by atoms with Crippen LogP contribution in [0.5, 0.6) is 0 Å². The minimum atomic E-state index is -4.78. The van der Waals surface area contributed by atoms with Gasteiger partial charge in [0.1, 0.15) is 0 Å². The molecule has 0 aliphatic carbocycles. The number of rotatable bonds is 5. The van der Waals surface area contributed by atoms with E-state index in [0.717, 1.165) is 0 Å². The van der Waals surface area contributed by atoms with Gasteiger partial charge in [0.05, 0.1) is 0 Å². The van der Waals surface area contributed by atoms with Crippen molar-refractivity contribution in [2.75, 3.05) is 20.6 Å². The maximum Gasteiger partial charge on any atom is 0.471 e. The fourth-order valence-electron chi connectivity index (χ4n) is 1.26. The zero-order valence-electron chi connectivity index (χ0n) is 10.1. The molecule has 0 aromatic heterocycles. The lowest BCUT2D eigenvalue weighted by Gasteiger charge is -2.26. The summed E-state index contributed by atoms with van der Waals surface area (Å²) in [4.78, 5) is 12.5. The highest BCUT2D eigenvalue weighted by Crippen LogP contribution is 2.15. The van der Waals surface area contributed by atoms with Crippen molar-refractivity contribution in [2.24, 2.45) is 5.92 Å². The largest absolute Gasteiger partial charge is 0.471 e. The zero-order valence-corrected chi connectivity index (χ0v) is 10.1. The number of nitrogens with zero attached hydrogens (tertiary/aromatic N) is 1. The van der Waals surface area contributed by atoms with Crippen LogP contribution in [0.3, 0.4) is 0 Å². The second kappa shape index (κ2) is 6.08. The summed E-state index contributed by atoms with van der Waals surface area (Å²) in [5, 5.41) is 1.86. The lowest BCUT2D eigenvalue weighted by molar-refractivity contribution is -0.173. The van der Waals surface area contributed by atoms with E-state index in [2.05, 4.69) is 0 Å². The molecule has 0 aliphatic rings. The van der Waals surface area contributed by atoms with Crippen LogP contribution in [0, 0.1) is 5.92 Å². The van der Waals surface area contributed by atoms with Crippen LogP contribution in [-0.4, -0.2) is 43.7 Å². The number of nitrogens with one attached hydrogen (secondary N) is 1. The molecular formula is C10H19F3N2O. The van der Waals surface area contributed by atoms with Gasteiger partial charge >= 0.3 is 12.1 Å². The first kappa shape index (κ1) is 15.2. The maximum atomic E-state index is 11.8. The van der Waals surface area contributed by atoms with Gasteiger partial charge in [-0.2, -0.15) is 13.2 Å². The van der Waals surface area contributed by atoms with Crippen molar-refractivity contribution in [1.82, 2.24) is 10.2 Å². The predicted octanol–water partition coefficient (Wildman–Crippen LogP) is 1.64. The van der Waals surface area contributed by atoms with Gasteiger partial charge in [-0.25, -0.2) is 0 Å². The molecule has 6 heteroatoms. The maximum absolute atomic E-state index is 11.8. The van der Waals surface area contributed by atoms with E-state index in [1.54, 1.807) is 0 Å². The van der Waals surface area contributed by atoms with E-state index in [4.69, 9.17) is 0 Å². The number of halogens is 3. The van der Waals surface area contributed by atoms with Gasteiger partial charge in [0.15, 0.2) is 0 Å². The third-order valence-electron chi connectivity index (χ3n) is 2.78. The van der Waals surface area contributed by atoms with Crippen molar-refractivity contribution in [1.29, 1.82) is 0 Å². The highest BCUT2D eigenvalue weighted by molar-refractivity contribution is 5.81. The standard InChI is InChI=1S/C10H19F3N2O/c1-7(8(2)15(3)4)5-6-14-9(16)10(11,12)13/h7-8H,5-6H2,1-4H3,(H,14,16). The Bertz CT molecular complexity index is 229. The average molecular weight is 240 g/mol. The van der Waals surface area contributed by atoms with E-state index in [1.807, 2.05) is 38.2 Å². The second-order valence-corrected chi connectivity index (χ2v) is 4.22. The minimum Gasteiger partial charge on any atom is -0.348 e. The van der Waals surface area contributed by atoms with Gasteiger partial charge in [0.2, 0.25) is 0 Å². The molecule has 0 heterocycles. The predicted molar refractivity (Wildman–Crippen MR) is 56.0 cm³/mol. The summed E-state index contributed by atoms with van der Waals surface area (Å²) in [6.07, 6.45) is -4.25. The Morgan fingerprint density at radius 2 is 1.81 bits per heavy atom. The van der Waals surface area contributed by atoms with E-state index in [0.29, 0.717) is 6.42 Å². The van der Waals surface area contributed by atoms with Crippen molar-refractivity contribution in [3.8, 4) is 0 Å². The summed E-state index contributed by atoms with van der Waals surface area (Å²) in [5.41, 5.74) is 0. The van der Waals surface area contributed by atoms with E-state index >= 15 is 0 Å². The van der Waals surface area contributed by atoms with Crippen LogP contribution in [-0.2, 0) is 4.79 Å². The summed E-state index contributed by atoms with van der Waals surface area (Å²) >= 11 is 0. The zero-order chi connectivity index (χ0) is 12.9. The topological polar surface area (TPSA) is 32.3 Å². The summed E-state index contributed by atoms with van der Waals surface area (Å²) in [6, 6.07) is 0.266. The molecule has 96 valence electrons. The van der Waals surface area contributed by atoms with Gasteiger partial charge < -0.3 is 10.2 Å². The van der Waals surface area contributed by atoms with Gasteiger partial charge in [-0.15, -0.1) is 0 Å². The van der Waals surface area contributed by atoms with Crippen LogP contribution >= 0.6 is 0 Å². The van der Waals surface area contributed by atoms with Gasteiger partial charge in [0.25, 0.3) is 0 Å². The number of hydrogen-bond donors (Lipinski definition) is 1. The fraction of sp³-hybridized carbons (Fsp3) is 0.900. The highest BCUT2D eigenvalue weighted by Gasteiger charge is 2.38. The van der Waals surface area contributed by atoms with E-state index < -0.39 is 12.1 Å². The Labute approximate surface area is 94.0 Å². The quantitative estimate of drug-likeness (QED) is 0.792. The number of hydrogen-bond acceptors (Lipinski definition) is 2. The number of amides is 1. The lowest BCUT2D eigenvalue weighted by Crippen LogP contribution is -2.39. The molecule has 3 nitrogen and oxygen atoms in total. The number of alkyl halides is 3. The van der Waals surface area contributed by atoms with Crippen LogP contribution in [0.15, 0.2) is 0 Å². The molecule has 0 rings (SSSR count). The third-order valence-corrected chi connectivity index (χ3v) is 2.78. The van der Waals surface area contributed by atoms with Crippen molar-refractivity contribution in [2.45, 2.75) is 32.5 Å². The van der Waals surface area contributed by atoms with Crippen LogP contribution in [0.1, 0.15) is 20.3 Å². The first-order valence-electron chi connectivity index (χ1n) is 5.17. The molecule has 1 amide bonds. The molecule has 16 heavy (non-hydrogen) atoms. The van der Waals surface area contributed by atoms with Crippen LogP contribution in [0.25, 0.3) is 0 Å². The first-order valence-corrected chi connectivity index (χ1v) is 5.17. The molecular weight excluding hydrogens is 221 g/mol. The van der Waals surface area contributed by atoms with Crippen molar-refractivity contribution in [3.63, 3.8) is 0 Å². The molecule has 0 fully saturated rings. The average Bonchev–Trinajstić information content (AvgIpc) is 2.14. The first-order chi connectivity index (χ1) is 7.16. The molecule has 0 aromatic rings. The van der Waals surface area contributed by atoms with Gasteiger partial charge in [-0.05, 0) is 33.4 Å². The van der Waals surface area contributed by atoms with Crippen molar-refractivity contribution >= 4 is 5.91 Å². The Balaban J connectivity index is 3.87. The van der Waals surface area contributed by atoms with E-state index in [9.17, 15) is 18.0 Å². The molecule has 0 spiro atoms. The van der Waals surface area contributed by atoms with Crippen molar-refractivity contribution < 1.29 is 18.0 Å². The number of carbonyl (C=O) groups excluding carboxylic acids is 1. The van der Waals surface area contributed by atoms with Crippen molar-refractivity contribution in [3.05, 3.63) is 0 Å². The fourth-order valence-corrected chi connectivity index (χ4v) is 1.26. The van der Waals surface area contributed by atoms with E-state index in [1.165, 1.54) is 0 Å². The Morgan fingerprint density at radius 1 is 1.31 bits per heavy atom. The minimum absolute atomic E-state index is 0.0533. The molecule has 1 N–H and O–H groups in total. The third kappa shape index (κ3) is 5.34. The molecule has 0 bridgehead atoms. The molecule has 0 saturated heterocycles. The molecule has 0 radical (unpaired) electrons. The summed E-state index contributed by atoms with van der Waals surface area (Å²) in [5.74, 6) is -1.64. The monoisotopic (exact) mass is 240 g/mol. The Kier molecular flexibility index (Phi) is 5.78. The summed E-state index contributed by atoms with van der Waals surface area (Å²) < 4.78 is 35.5. The molecule has 2 unspecified atom stereocenters. The van der Waals surface area contributed by atoms with Crippen LogP contribution < -0.4 is 5.32 Å². The normalized spacial score (nSPS) is 16.0. The summed E-state index contributed by atoms with van der Waals surface area (Å²) in [7, 11) is 3.82. The molecule has 0 aliphatic heterocycles. The van der Waals surface area contributed by atoms with Gasteiger partial charge in [-0.3, -0.25) is 4.79 Å². The van der Waals surface area contributed by atoms with Gasteiger partial charge in [-0.1, -0.05) is 6.92 Å². The summed E-state index contributed by atoms with van der Waals surface area (Å²) in [6.45, 7) is 4.00. The second-order valence-electron chi connectivity index (χ2n) is 4.22. The molecule has 2 atom stereocenters. The Morgan fingerprint density at radius 3 is 2.19 bits per heavy atom. The molecule has 0 saturated carbocycles. The van der Waals surface area contributed by atoms with Crippen LogP contribution in [0.4, 0.5) is 13.2 Å².